The number of aromatic nitrogens is 1. The molecule has 0 saturated carbocycles. The van der Waals surface area contributed by atoms with E-state index in [1.807, 2.05) is 24.1 Å². The first kappa shape index (κ1) is 12.5. The third-order valence-electron chi connectivity index (χ3n) is 3.01. The molecule has 1 saturated heterocycles. The van der Waals surface area contributed by atoms with Gasteiger partial charge in [-0.1, -0.05) is 0 Å². The summed E-state index contributed by atoms with van der Waals surface area (Å²) >= 11 is 0. The van der Waals surface area contributed by atoms with Crippen molar-refractivity contribution < 1.29 is 9.59 Å². The van der Waals surface area contributed by atoms with E-state index in [9.17, 15) is 9.59 Å². The van der Waals surface area contributed by atoms with Crippen LogP contribution in [0.15, 0.2) is 18.3 Å². The van der Waals surface area contributed by atoms with Crippen LogP contribution < -0.4 is 10.6 Å². The van der Waals surface area contributed by atoms with Gasteiger partial charge in [-0.2, -0.15) is 0 Å². The van der Waals surface area contributed by atoms with Gasteiger partial charge in [-0.05, 0) is 19.1 Å². The van der Waals surface area contributed by atoms with Crippen molar-refractivity contribution in [3.63, 3.8) is 0 Å². The summed E-state index contributed by atoms with van der Waals surface area (Å²) in [6, 6.07) is 3.45. The van der Waals surface area contributed by atoms with Crippen LogP contribution in [0.4, 0.5) is 5.69 Å². The number of nitrogens with one attached hydrogen (secondary N) is 2. The fraction of sp³-hybridized carbons (Fsp3) is 0.417. The molecule has 0 aromatic carbocycles. The van der Waals surface area contributed by atoms with E-state index in [2.05, 4.69) is 15.6 Å². The molecule has 2 rings (SSSR count). The van der Waals surface area contributed by atoms with E-state index in [0.29, 0.717) is 6.54 Å². The lowest BCUT2D eigenvalue weighted by Crippen LogP contribution is -2.56. The SMILES string of the molecule is CNc1ccnc(CN2CC(=O)NC(=O)C2C)c1. The molecule has 1 aromatic rings. The largest absolute Gasteiger partial charge is 0.388 e. The number of hydrogen-bond donors (Lipinski definition) is 2. The summed E-state index contributed by atoms with van der Waals surface area (Å²) in [5, 5.41) is 5.34. The third kappa shape index (κ3) is 2.65. The molecule has 1 aliphatic heterocycles. The Labute approximate surface area is 105 Å². The number of hydrogen-bond acceptors (Lipinski definition) is 5. The van der Waals surface area contributed by atoms with Crippen LogP contribution in [-0.2, 0) is 16.1 Å². The molecule has 6 heteroatoms. The number of pyridine rings is 1. The normalized spacial score (nSPS) is 20.7. The van der Waals surface area contributed by atoms with Gasteiger partial charge < -0.3 is 5.32 Å². The van der Waals surface area contributed by atoms with E-state index >= 15 is 0 Å². The molecule has 0 spiro atoms. The van der Waals surface area contributed by atoms with Gasteiger partial charge in [0.2, 0.25) is 11.8 Å². The number of piperazine rings is 1. The average Bonchev–Trinajstić information content (AvgIpc) is 2.35. The Kier molecular flexibility index (Phi) is 3.57. The van der Waals surface area contributed by atoms with Gasteiger partial charge in [0.05, 0.1) is 18.3 Å². The van der Waals surface area contributed by atoms with Gasteiger partial charge in [0.1, 0.15) is 0 Å². The summed E-state index contributed by atoms with van der Waals surface area (Å²) < 4.78 is 0. The molecule has 1 atom stereocenters. The van der Waals surface area contributed by atoms with E-state index in [1.165, 1.54) is 0 Å². The average molecular weight is 248 g/mol. The van der Waals surface area contributed by atoms with E-state index < -0.39 is 0 Å². The van der Waals surface area contributed by atoms with Gasteiger partial charge in [-0.3, -0.25) is 24.8 Å². The fourth-order valence-electron chi connectivity index (χ4n) is 1.89. The molecule has 6 nitrogen and oxygen atoms in total. The first-order chi connectivity index (χ1) is 8.60. The lowest BCUT2D eigenvalue weighted by atomic mass is 10.2. The van der Waals surface area contributed by atoms with Crippen LogP contribution in [-0.4, -0.2) is 41.3 Å². The van der Waals surface area contributed by atoms with Crippen LogP contribution in [0.3, 0.4) is 0 Å². The maximum atomic E-state index is 11.5. The van der Waals surface area contributed by atoms with Crippen LogP contribution in [0.5, 0.6) is 0 Å². The number of amides is 2. The molecule has 2 amide bonds. The molecule has 1 fully saturated rings. The number of imide groups is 1. The molecular weight excluding hydrogens is 232 g/mol. The molecule has 96 valence electrons. The highest BCUT2D eigenvalue weighted by atomic mass is 16.2. The highest BCUT2D eigenvalue weighted by Gasteiger charge is 2.30. The van der Waals surface area contributed by atoms with Crippen molar-refractivity contribution in [3.8, 4) is 0 Å². The Morgan fingerprint density at radius 2 is 2.33 bits per heavy atom. The first-order valence-electron chi connectivity index (χ1n) is 5.80. The summed E-state index contributed by atoms with van der Waals surface area (Å²) in [5.74, 6) is -0.515. The lowest BCUT2D eigenvalue weighted by Gasteiger charge is -2.31. The summed E-state index contributed by atoms with van der Waals surface area (Å²) in [7, 11) is 1.83. The second-order valence-corrected chi connectivity index (χ2v) is 4.28. The molecule has 1 unspecified atom stereocenters. The van der Waals surface area contributed by atoms with Crippen molar-refractivity contribution in [2.75, 3.05) is 18.9 Å². The summed E-state index contributed by atoms with van der Waals surface area (Å²) in [6.07, 6.45) is 1.71. The Hall–Kier alpha value is -1.95. The predicted molar refractivity (Wildman–Crippen MR) is 66.8 cm³/mol. The Balaban J connectivity index is 2.11. The monoisotopic (exact) mass is 248 g/mol. The second kappa shape index (κ2) is 5.14. The third-order valence-corrected chi connectivity index (χ3v) is 3.01. The molecular formula is C12H16N4O2. The predicted octanol–water partition coefficient (Wildman–Crippen LogP) is -0.0298. The zero-order valence-electron chi connectivity index (χ0n) is 10.4. The van der Waals surface area contributed by atoms with E-state index in [0.717, 1.165) is 11.4 Å². The summed E-state index contributed by atoms with van der Waals surface area (Å²) in [6.45, 7) is 2.48. The van der Waals surface area contributed by atoms with Gasteiger partial charge >= 0.3 is 0 Å². The van der Waals surface area contributed by atoms with Crippen molar-refractivity contribution in [2.45, 2.75) is 19.5 Å². The quantitative estimate of drug-likeness (QED) is 0.735. The van der Waals surface area contributed by atoms with Gasteiger partial charge in [0.15, 0.2) is 0 Å². The zero-order valence-corrected chi connectivity index (χ0v) is 10.4. The molecule has 0 bridgehead atoms. The van der Waals surface area contributed by atoms with E-state index in [1.54, 1.807) is 13.1 Å². The minimum atomic E-state index is -0.317. The lowest BCUT2D eigenvalue weighted by molar-refractivity contribution is -0.139. The van der Waals surface area contributed by atoms with Crippen molar-refractivity contribution >= 4 is 17.5 Å². The van der Waals surface area contributed by atoms with Crippen LogP contribution >= 0.6 is 0 Å². The molecule has 18 heavy (non-hydrogen) atoms. The van der Waals surface area contributed by atoms with Crippen molar-refractivity contribution in [1.29, 1.82) is 0 Å². The number of rotatable bonds is 3. The molecule has 2 heterocycles. The number of carbonyl (C=O) groups is 2. The Bertz CT molecular complexity index is 475. The molecule has 2 N–H and O–H groups in total. The number of anilines is 1. The number of nitrogens with zero attached hydrogens (tertiary/aromatic N) is 2. The van der Waals surface area contributed by atoms with Gasteiger partial charge in [0, 0.05) is 25.5 Å². The van der Waals surface area contributed by atoms with Gasteiger partial charge in [0.25, 0.3) is 0 Å². The van der Waals surface area contributed by atoms with Crippen molar-refractivity contribution in [3.05, 3.63) is 24.0 Å². The highest BCUT2D eigenvalue weighted by Crippen LogP contribution is 2.12. The highest BCUT2D eigenvalue weighted by molar-refractivity contribution is 6.00. The van der Waals surface area contributed by atoms with Crippen LogP contribution in [0.25, 0.3) is 0 Å². The van der Waals surface area contributed by atoms with E-state index in [4.69, 9.17) is 0 Å². The van der Waals surface area contributed by atoms with Crippen molar-refractivity contribution in [2.24, 2.45) is 0 Å². The van der Waals surface area contributed by atoms with Crippen LogP contribution in [0.2, 0.25) is 0 Å². The molecule has 1 aromatic heterocycles. The van der Waals surface area contributed by atoms with Gasteiger partial charge in [-0.15, -0.1) is 0 Å². The fourth-order valence-corrected chi connectivity index (χ4v) is 1.89. The standard InChI is InChI=1S/C12H16N4O2/c1-8-12(18)15-11(17)7-16(8)6-10-5-9(13-2)3-4-14-10/h3-5,8H,6-7H2,1-2H3,(H,13,14)(H,15,17,18). The second-order valence-electron chi connectivity index (χ2n) is 4.28. The van der Waals surface area contributed by atoms with Crippen LogP contribution in [0, 0.1) is 0 Å². The maximum Gasteiger partial charge on any atom is 0.243 e. The van der Waals surface area contributed by atoms with Crippen LogP contribution in [0.1, 0.15) is 12.6 Å². The first-order valence-corrected chi connectivity index (χ1v) is 5.80. The summed E-state index contributed by atoms with van der Waals surface area (Å²) in [5.41, 5.74) is 1.79. The Morgan fingerprint density at radius 1 is 1.56 bits per heavy atom. The number of carbonyl (C=O) groups excluding carboxylic acids is 2. The molecule has 0 radical (unpaired) electrons. The topological polar surface area (TPSA) is 74.3 Å². The zero-order chi connectivity index (χ0) is 13.1. The van der Waals surface area contributed by atoms with E-state index in [-0.39, 0.29) is 24.4 Å². The summed E-state index contributed by atoms with van der Waals surface area (Å²) in [4.78, 5) is 28.9. The minimum absolute atomic E-state index is 0.221. The molecule has 0 aliphatic carbocycles. The van der Waals surface area contributed by atoms with Crippen molar-refractivity contribution in [1.82, 2.24) is 15.2 Å². The maximum absolute atomic E-state index is 11.5. The minimum Gasteiger partial charge on any atom is -0.388 e. The smallest absolute Gasteiger partial charge is 0.243 e. The molecule has 1 aliphatic rings. The van der Waals surface area contributed by atoms with Gasteiger partial charge in [-0.25, -0.2) is 0 Å². The Morgan fingerprint density at radius 3 is 3.06 bits per heavy atom.